The van der Waals surface area contributed by atoms with Crippen LogP contribution in [0.3, 0.4) is 0 Å². The summed E-state index contributed by atoms with van der Waals surface area (Å²) in [5.74, 6) is 0.264. The summed E-state index contributed by atoms with van der Waals surface area (Å²) in [7, 11) is -3.88. The molecule has 0 fully saturated rings. The van der Waals surface area contributed by atoms with Crippen molar-refractivity contribution in [2.75, 3.05) is 4.72 Å². The van der Waals surface area contributed by atoms with Gasteiger partial charge in [0.25, 0.3) is 10.0 Å². The third kappa shape index (κ3) is 2.85. The molecular weight excluding hydrogens is 318 g/mol. The van der Waals surface area contributed by atoms with E-state index in [0.717, 1.165) is 11.1 Å². The number of sulfonamides is 1. The fraction of sp³-hybridized carbons (Fsp3) is 0.200. The van der Waals surface area contributed by atoms with Gasteiger partial charge in [0, 0.05) is 0 Å². The van der Waals surface area contributed by atoms with Crippen LogP contribution in [0.5, 0.6) is 0 Å². The van der Waals surface area contributed by atoms with Gasteiger partial charge in [-0.25, -0.2) is 13.1 Å². The molecule has 0 aliphatic carbocycles. The fourth-order valence-corrected chi connectivity index (χ4v) is 3.62. The highest BCUT2D eigenvalue weighted by Crippen LogP contribution is 2.30. The first-order valence-electron chi connectivity index (χ1n) is 6.86. The Labute approximate surface area is 133 Å². The third-order valence-electron chi connectivity index (χ3n) is 3.40. The van der Waals surface area contributed by atoms with Crippen molar-refractivity contribution in [3.63, 3.8) is 0 Å². The number of rotatable bonds is 4. The van der Waals surface area contributed by atoms with Gasteiger partial charge in [0.2, 0.25) is 5.88 Å². The molecule has 0 aliphatic heterocycles. The summed E-state index contributed by atoms with van der Waals surface area (Å²) in [6.45, 7) is 5.07. The number of nitrogens with zero attached hydrogens (tertiary/aromatic N) is 2. The van der Waals surface area contributed by atoms with E-state index in [9.17, 15) is 8.42 Å². The predicted molar refractivity (Wildman–Crippen MR) is 83.5 cm³/mol. The Morgan fingerprint density at radius 1 is 1.04 bits per heavy atom. The number of hydrogen-bond acceptors (Lipinski definition) is 6. The van der Waals surface area contributed by atoms with Gasteiger partial charge in [-0.2, -0.15) is 0 Å². The summed E-state index contributed by atoms with van der Waals surface area (Å²) in [4.78, 5) is 0.00348. The number of nitrogens with one attached hydrogen (secondary N) is 1. The van der Waals surface area contributed by atoms with Crippen molar-refractivity contribution in [2.45, 2.75) is 25.7 Å². The summed E-state index contributed by atoms with van der Waals surface area (Å²) in [5.41, 5.74) is 2.74. The van der Waals surface area contributed by atoms with Gasteiger partial charge in [-0.05, 0) is 26.3 Å². The fourth-order valence-electron chi connectivity index (χ4n) is 2.28. The first-order valence-corrected chi connectivity index (χ1v) is 8.34. The number of aromatic nitrogens is 2. The quantitative estimate of drug-likeness (QED) is 0.788. The van der Waals surface area contributed by atoms with Crippen LogP contribution in [0.15, 0.2) is 44.4 Å². The van der Waals surface area contributed by atoms with Crippen LogP contribution in [0.1, 0.15) is 17.0 Å². The molecule has 3 rings (SSSR count). The summed E-state index contributed by atoms with van der Waals surface area (Å²) in [6.07, 6.45) is 1.47. The molecule has 2 heterocycles. The van der Waals surface area contributed by atoms with Crippen molar-refractivity contribution in [3.05, 3.63) is 47.5 Å². The standard InChI is InChI=1S/C15H15N3O4S/c1-9-4-6-12(7-5-9)13-8-16-22-15(13)18-23(19,20)14-10(2)17-21-11(14)3/h4-8,18H,1-3H3. The van der Waals surface area contributed by atoms with E-state index in [1.54, 1.807) is 6.92 Å². The van der Waals surface area contributed by atoms with E-state index in [0.29, 0.717) is 5.56 Å². The third-order valence-corrected chi connectivity index (χ3v) is 4.97. The van der Waals surface area contributed by atoms with E-state index < -0.39 is 10.0 Å². The second-order valence-corrected chi connectivity index (χ2v) is 6.81. The van der Waals surface area contributed by atoms with Gasteiger partial charge in [0.15, 0.2) is 10.7 Å². The first kappa shape index (κ1) is 15.3. The SMILES string of the molecule is Cc1ccc(-c2cnoc2NS(=O)(=O)c2c(C)noc2C)cc1. The normalized spacial score (nSPS) is 11.6. The van der Waals surface area contributed by atoms with E-state index in [-0.39, 0.29) is 22.2 Å². The maximum Gasteiger partial charge on any atom is 0.269 e. The number of benzene rings is 1. The highest BCUT2D eigenvalue weighted by Gasteiger charge is 2.26. The molecular formula is C15H15N3O4S. The van der Waals surface area contributed by atoms with Crippen LogP contribution in [0.2, 0.25) is 0 Å². The molecule has 0 amide bonds. The smallest absolute Gasteiger partial charge is 0.269 e. The summed E-state index contributed by atoms with van der Waals surface area (Å²) < 4.78 is 37.5. The average Bonchev–Trinajstić information content (AvgIpc) is 3.06. The molecule has 0 bridgehead atoms. The molecule has 0 saturated carbocycles. The largest absolute Gasteiger partial charge is 0.360 e. The molecule has 0 aliphatic rings. The number of aryl methyl sites for hydroxylation is 3. The Bertz CT molecular complexity index is 920. The van der Waals surface area contributed by atoms with Crippen molar-refractivity contribution in [1.82, 2.24) is 10.3 Å². The van der Waals surface area contributed by atoms with Crippen LogP contribution in [-0.4, -0.2) is 18.7 Å². The lowest BCUT2D eigenvalue weighted by atomic mass is 10.1. The Morgan fingerprint density at radius 3 is 2.35 bits per heavy atom. The van der Waals surface area contributed by atoms with Gasteiger partial charge < -0.3 is 9.05 Å². The minimum atomic E-state index is -3.88. The van der Waals surface area contributed by atoms with E-state index in [4.69, 9.17) is 9.05 Å². The molecule has 2 aromatic heterocycles. The van der Waals surface area contributed by atoms with Crippen molar-refractivity contribution in [1.29, 1.82) is 0 Å². The first-order chi connectivity index (χ1) is 10.9. The van der Waals surface area contributed by atoms with E-state index in [2.05, 4.69) is 15.0 Å². The zero-order valence-corrected chi connectivity index (χ0v) is 13.6. The molecule has 3 aromatic rings. The van der Waals surface area contributed by atoms with Crippen molar-refractivity contribution >= 4 is 15.9 Å². The predicted octanol–water partition coefficient (Wildman–Crippen LogP) is 3.06. The van der Waals surface area contributed by atoms with Crippen molar-refractivity contribution in [2.24, 2.45) is 0 Å². The zero-order valence-electron chi connectivity index (χ0n) is 12.8. The van der Waals surface area contributed by atoms with Crippen LogP contribution in [-0.2, 0) is 10.0 Å². The second-order valence-electron chi connectivity index (χ2n) is 5.19. The van der Waals surface area contributed by atoms with Crippen LogP contribution >= 0.6 is 0 Å². The lowest BCUT2D eigenvalue weighted by Gasteiger charge is -2.06. The Balaban J connectivity index is 1.99. The number of anilines is 1. The topological polar surface area (TPSA) is 98.2 Å². The van der Waals surface area contributed by atoms with Gasteiger partial charge in [-0.1, -0.05) is 40.1 Å². The van der Waals surface area contributed by atoms with Gasteiger partial charge in [-0.15, -0.1) is 0 Å². The minimum absolute atomic E-state index is 0.00348. The molecule has 8 heteroatoms. The molecule has 1 N–H and O–H groups in total. The van der Waals surface area contributed by atoms with Crippen LogP contribution in [0.25, 0.3) is 11.1 Å². The molecule has 0 unspecified atom stereocenters. The molecule has 0 atom stereocenters. The maximum absolute atomic E-state index is 12.5. The van der Waals surface area contributed by atoms with E-state index in [1.165, 1.54) is 13.1 Å². The molecule has 23 heavy (non-hydrogen) atoms. The van der Waals surface area contributed by atoms with E-state index in [1.807, 2.05) is 31.2 Å². The van der Waals surface area contributed by atoms with Gasteiger partial charge in [0.05, 0.1) is 11.8 Å². The van der Waals surface area contributed by atoms with Crippen molar-refractivity contribution < 1.29 is 17.5 Å². The lowest BCUT2D eigenvalue weighted by molar-refractivity contribution is 0.390. The molecule has 0 spiro atoms. The Hall–Kier alpha value is -2.61. The summed E-state index contributed by atoms with van der Waals surface area (Å²) in [5, 5.41) is 7.35. The highest BCUT2D eigenvalue weighted by atomic mass is 32.2. The molecule has 0 radical (unpaired) electrons. The van der Waals surface area contributed by atoms with Crippen molar-refractivity contribution in [3.8, 4) is 11.1 Å². The molecule has 7 nitrogen and oxygen atoms in total. The summed E-state index contributed by atoms with van der Waals surface area (Å²) in [6, 6.07) is 7.59. The van der Waals surface area contributed by atoms with Crippen LogP contribution in [0, 0.1) is 20.8 Å². The highest BCUT2D eigenvalue weighted by molar-refractivity contribution is 7.92. The molecule has 120 valence electrons. The van der Waals surface area contributed by atoms with Crippen LogP contribution in [0.4, 0.5) is 5.88 Å². The van der Waals surface area contributed by atoms with Gasteiger partial charge in [-0.3, -0.25) is 0 Å². The summed E-state index contributed by atoms with van der Waals surface area (Å²) >= 11 is 0. The maximum atomic E-state index is 12.5. The van der Waals surface area contributed by atoms with Gasteiger partial charge in [0.1, 0.15) is 5.69 Å². The average molecular weight is 333 g/mol. The van der Waals surface area contributed by atoms with Crippen LogP contribution < -0.4 is 4.72 Å². The molecule has 1 aromatic carbocycles. The Kier molecular flexibility index (Phi) is 3.69. The number of hydrogen-bond donors (Lipinski definition) is 1. The van der Waals surface area contributed by atoms with E-state index >= 15 is 0 Å². The Morgan fingerprint density at radius 2 is 1.74 bits per heavy atom. The molecule has 0 saturated heterocycles. The zero-order chi connectivity index (χ0) is 16.6. The minimum Gasteiger partial charge on any atom is -0.360 e. The lowest BCUT2D eigenvalue weighted by Crippen LogP contribution is -2.14. The monoisotopic (exact) mass is 333 g/mol. The second kappa shape index (κ2) is 5.54. The van der Waals surface area contributed by atoms with Gasteiger partial charge >= 0.3 is 0 Å².